The molecule has 0 aliphatic rings. The molecule has 0 aliphatic heterocycles. The Bertz CT molecular complexity index is 956. The summed E-state index contributed by atoms with van der Waals surface area (Å²) < 4.78 is 1.42. The predicted molar refractivity (Wildman–Crippen MR) is 89.8 cm³/mol. The van der Waals surface area contributed by atoms with Gasteiger partial charge in [0.1, 0.15) is 11.8 Å². The molecule has 0 bridgehead atoms. The van der Waals surface area contributed by atoms with E-state index in [9.17, 15) is 15.4 Å². The smallest absolute Gasteiger partial charge is 0.269 e. The van der Waals surface area contributed by atoms with Crippen molar-refractivity contribution in [1.29, 1.82) is 5.26 Å². The molecular formula is C16H10ClN5O2. The second kappa shape index (κ2) is 6.02. The van der Waals surface area contributed by atoms with Gasteiger partial charge in [-0.1, -0.05) is 11.6 Å². The van der Waals surface area contributed by atoms with Crippen molar-refractivity contribution in [1.82, 2.24) is 9.78 Å². The normalized spacial score (nSPS) is 10.3. The van der Waals surface area contributed by atoms with E-state index in [1.807, 2.05) is 6.07 Å². The number of hydrogen-bond donors (Lipinski definition) is 1. The van der Waals surface area contributed by atoms with Gasteiger partial charge in [0.25, 0.3) is 5.69 Å². The van der Waals surface area contributed by atoms with Gasteiger partial charge in [-0.25, -0.2) is 4.68 Å². The Balaban J connectivity index is 2.12. The van der Waals surface area contributed by atoms with Crippen LogP contribution >= 0.6 is 11.6 Å². The van der Waals surface area contributed by atoms with Gasteiger partial charge in [0, 0.05) is 22.7 Å². The van der Waals surface area contributed by atoms with E-state index in [1.54, 1.807) is 36.4 Å². The van der Waals surface area contributed by atoms with E-state index in [4.69, 9.17) is 17.3 Å². The average molecular weight is 340 g/mol. The fraction of sp³-hybridized carbons (Fsp3) is 0. The van der Waals surface area contributed by atoms with E-state index in [1.165, 1.54) is 16.8 Å². The maximum atomic E-state index is 10.7. The third kappa shape index (κ3) is 2.66. The Kier molecular flexibility index (Phi) is 3.90. The Morgan fingerprint density at radius 2 is 1.79 bits per heavy atom. The molecule has 2 aromatic carbocycles. The van der Waals surface area contributed by atoms with Crippen molar-refractivity contribution in [3.05, 3.63) is 69.4 Å². The number of nitrogens with zero attached hydrogens (tertiary/aromatic N) is 4. The first-order chi connectivity index (χ1) is 11.5. The van der Waals surface area contributed by atoms with E-state index in [-0.39, 0.29) is 17.1 Å². The Morgan fingerprint density at radius 1 is 1.17 bits per heavy atom. The number of benzene rings is 2. The molecule has 7 nitrogen and oxygen atoms in total. The molecule has 0 fully saturated rings. The molecule has 1 heterocycles. The lowest BCUT2D eigenvalue weighted by Crippen LogP contribution is -2.00. The van der Waals surface area contributed by atoms with E-state index in [2.05, 4.69) is 5.10 Å². The number of anilines is 1. The number of nitriles is 1. The van der Waals surface area contributed by atoms with Crippen molar-refractivity contribution in [2.24, 2.45) is 0 Å². The third-order valence-corrected chi connectivity index (χ3v) is 3.70. The van der Waals surface area contributed by atoms with Gasteiger partial charge in [0.15, 0.2) is 5.69 Å². The second-order valence-corrected chi connectivity index (χ2v) is 5.35. The first-order valence-corrected chi connectivity index (χ1v) is 7.18. The quantitative estimate of drug-likeness (QED) is 0.579. The number of aromatic nitrogens is 2. The standard InChI is InChI=1S/C16H10ClN5O2/c17-11-3-7-12(8-4-11)21-14(9-18)15(19)16(20-21)10-1-5-13(6-2-10)22(23)24/h1-8H,19H2. The summed E-state index contributed by atoms with van der Waals surface area (Å²) in [6.07, 6.45) is 0. The number of nitro groups is 1. The molecule has 1 aromatic heterocycles. The van der Waals surface area contributed by atoms with Crippen LogP contribution in [0.2, 0.25) is 5.02 Å². The minimum Gasteiger partial charge on any atom is -0.395 e. The summed E-state index contributed by atoms with van der Waals surface area (Å²) in [7, 11) is 0. The SMILES string of the molecule is N#Cc1c(N)c(-c2ccc([N+](=O)[O-])cc2)nn1-c1ccc(Cl)cc1. The summed E-state index contributed by atoms with van der Waals surface area (Å²) in [5.41, 5.74) is 8.01. The van der Waals surface area contributed by atoms with Crippen LogP contribution in [0.25, 0.3) is 16.9 Å². The summed E-state index contributed by atoms with van der Waals surface area (Å²) in [6.45, 7) is 0. The fourth-order valence-corrected chi connectivity index (χ4v) is 2.39. The van der Waals surface area contributed by atoms with Gasteiger partial charge in [-0.3, -0.25) is 10.1 Å². The minimum atomic E-state index is -0.486. The highest BCUT2D eigenvalue weighted by Gasteiger charge is 2.18. The van der Waals surface area contributed by atoms with Crippen LogP contribution in [0, 0.1) is 21.4 Å². The van der Waals surface area contributed by atoms with Crippen molar-refractivity contribution in [3.63, 3.8) is 0 Å². The van der Waals surface area contributed by atoms with Gasteiger partial charge in [-0.2, -0.15) is 10.4 Å². The lowest BCUT2D eigenvalue weighted by molar-refractivity contribution is -0.384. The summed E-state index contributed by atoms with van der Waals surface area (Å²) in [5, 5.41) is 25.1. The van der Waals surface area contributed by atoms with Gasteiger partial charge in [-0.15, -0.1) is 0 Å². The molecule has 0 aliphatic carbocycles. The molecule has 0 amide bonds. The maximum Gasteiger partial charge on any atom is 0.269 e. The summed E-state index contributed by atoms with van der Waals surface area (Å²) in [5.74, 6) is 0. The van der Waals surface area contributed by atoms with Gasteiger partial charge < -0.3 is 5.73 Å². The number of hydrogen-bond acceptors (Lipinski definition) is 5. The molecular weight excluding hydrogens is 330 g/mol. The van der Waals surface area contributed by atoms with Crippen LogP contribution in [0.3, 0.4) is 0 Å². The van der Waals surface area contributed by atoms with Gasteiger partial charge in [-0.05, 0) is 36.4 Å². The maximum absolute atomic E-state index is 10.7. The molecule has 0 saturated carbocycles. The molecule has 2 N–H and O–H groups in total. The molecule has 3 aromatic rings. The average Bonchev–Trinajstić information content (AvgIpc) is 2.92. The first kappa shape index (κ1) is 15.5. The summed E-state index contributed by atoms with van der Waals surface area (Å²) in [4.78, 5) is 10.3. The van der Waals surface area contributed by atoms with Crippen LogP contribution in [0.1, 0.15) is 5.69 Å². The van der Waals surface area contributed by atoms with Crippen LogP contribution < -0.4 is 5.73 Å². The predicted octanol–water partition coefficient (Wildman–Crippen LogP) is 3.55. The van der Waals surface area contributed by atoms with E-state index >= 15 is 0 Å². The highest BCUT2D eigenvalue weighted by atomic mass is 35.5. The Morgan fingerprint density at radius 3 is 2.33 bits per heavy atom. The number of nitro benzene ring substituents is 1. The molecule has 8 heteroatoms. The molecule has 3 rings (SSSR count). The summed E-state index contributed by atoms with van der Waals surface area (Å²) in [6, 6.07) is 14.6. The van der Waals surface area contributed by atoms with Crippen LogP contribution in [0.4, 0.5) is 11.4 Å². The topological polar surface area (TPSA) is 111 Å². The van der Waals surface area contributed by atoms with Crippen LogP contribution in [-0.2, 0) is 0 Å². The third-order valence-electron chi connectivity index (χ3n) is 3.45. The molecule has 0 atom stereocenters. The van der Waals surface area contributed by atoms with Crippen LogP contribution in [0.5, 0.6) is 0 Å². The van der Waals surface area contributed by atoms with Crippen molar-refractivity contribution in [2.75, 3.05) is 5.73 Å². The number of nitrogen functional groups attached to an aromatic ring is 1. The van der Waals surface area contributed by atoms with Gasteiger partial charge >= 0.3 is 0 Å². The van der Waals surface area contributed by atoms with Crippen molar-refractivity contribution < 1.29 is 4.92 Å². The minimum absolute atomic E-state index is 0.0324. The largest absolute Gasteiger partial charge is 0.395 e. The molecule has 118 valence electrons. The fourth-order valence-electron chi connectivity index (χ4n) is 2.26. The number of rotatable bonds is 3. The van der Waals surface area contributed by atoms with E-state index in [0.29, 0.717) is 22.0 Å². The van der Waals surface area contributed by atoms with Gasteiger partial charge in [0.05, 0.1) is 16.3 Å². The van der Waals surface area contributed by atoms with Gasteiger partial charge in [0.2, 0.25) is 0 Å². The monoisotopic (exact) mass is 339 g/mol. The zero-order valence-electron chi connectivity index (χ0n) is 12.2. The number of non-ortho nitro benzene ring substituents is 1. The van der Waals surface area contributed by atoms with Crippen LogP contribution in [0.15, 0.2) is 48.5 Å². The first-order valence-electron chi connectivity index (χ1n) is 6.80. The van der Waals surface area contributed by atoms with Crippen LogP contribution in [-0.4, -0.2) is 14.7 Å². The zero-order valence-corrected chi connectivity index (χ0v) is 12.9. The molecule has 0 spiro atoms. The number of halogens is 1. The Labute approximate surface area is 141 Å². The second-order valence-electron chi connectivity index (χ2n) is 4.91. The van der Waals surface area contributed by atoms with Crippen molar-refractivity contribution in [2.45, 2.75) is 0 Å². The summed E-state index contributed by atoms with van der Waals surface area (Å²) >= 11 is 5.87. The molecule has 0 saturated heterocycles. The van der Waals surface area contributed by atoms with E-state index in [0.717, 1.165) is 0 Å². The number of nitrogens with two attached hydrogens (primary N) is 1. The Hall–Kier alpha value is -3.37. The lowest BCUT2D eigenvalue weighted by atomic mass is 10.1. The van der Waals surface area contributed by atoms with Crippen molar-refractivity contribution >= 4 is 23.0 Å². The highest BCUT2D eigenvalue weighted by Crippen LogP contribution is 2.30. The lowest BCUT2D eigenvalue weighted by Gasteiger charge is -2.02. The van der Waals surface area contributed by atoms with Crippen molar-refractivity contribution in [3.8, 4) is 23.0 Å². The highest BCUT2D eigenvalue weighted by molar-refractivity contribution is 6.30. The molecule has 0 radical (unpaired) electrons. The molecule has 0 unspecified atom stereocenters. The van der Waals surface area contributed by atoms with E-state index < -0.39 is 4.92 Å². The zero-order chi connectivity index (χ0) is 17.3. The molecule has 24 heavy (non-hydrogen) atoms.